The lowest BCUT2D eigenvalue weighted by atomic mass is 10.1. The van der Waals surface area contributed by atoms with E-state index in [1.807, 2.05) is 12.1 Å². The van der Waals surface area contributed by atoms with Crippen molar-refractivity contribution in [2.24, 2.45) is 0 Å². The van der Waals surface area contributed by atoms with Crippen LogP contribution < -0.4 is 0 Å². The summed E-state index contributed by atoms with van der Waals surface area (Å²) in [5, 5.41) is 8.83. The van der Waals surface area contributed by atoms with Gasteiger partial charge in [-0.3, -0.25) is 0 Å². The largest absolute Gasteiger partial charge is 0.478 e. The van der Waals surface area contributed by atoms with E-state index in [1.54, 1.807) is 30.5 Å². The molecule has 0 atom stereocenters. The summed E-state index contributed by atoms with van der Waals surface area (Å²) in [4.78, 5) is 22.4. The van der Waals surface area contributed by atoms with Crippen molar-refractivity contribution in [3.63, 3.8) is 0 Å². The second kappa shape index (κ2) is 3.96. The van der Waals surface area contributed by atoms with Crippen LogP contribution in [-0.2, 0) is 0 Å². The number of nitrogens with one attached hydrogen (secondary N) is 1. The van der Waals surface area contributed by atoms with Gasteiger partial charge in [-0.15, -0.1) is 0 Å². The number of pyridine rings is 1. The van der Waals surface area contributed by atoms with Gasteiger partial charge < -0.3 is 10.1 Å². The maximum Gasteiger partial charge on any atom is 0.335 e. The first kappa shape index (κ1) is 10.5. The van der Waals surface area contributed by atoms with E-state index >= 15 is 0 Å². The lowest BCUT2D eigenvalue weighted by Gasteiger charge is -1.97. The van der Waals surface area contributed by atoms with Crippen LogP contribution >= 0.6 is 0 Å². The maximum absolute atomic E-state index is 10.8. The number of carboxylic acids is 1. The number of aromatic amines is 1. The smallest absolute Gasteiger partial charge is 0.335 e. The number of aromatic carboxylic acids is 1. The van der Waals surface area contributed by atoms with Crippen LogP contribution in [0.15, 0.2) is 42.6 Å². The Morgan fingerprint density at radius 1 is 1.17 bits per heavy atom. The summed E-state index contributed by atoms with van der Waals surface area (Å²) in [6.45, 7) is 0. The van der Waals surface area contributed by atoms with Crippen LogP contribution in [0.1, 0.15) is 10.4 Å². The van der Waals surface area contributed by atoms with E-state index in [4.69, 9.17) is 5.11 Å². The van der Waals surface area contributed by atoms with Gasteiger partial charge in [-0.2, -0.15) is 0 Å². The number of H-pyrrole nitrogens is 1. The molecule has 0 fully saturated rings. The molecule has 1 aromatic carbocycles. The number of carboxylic acid groups (broad SMARTS) is 1. The number of benzene rings is 1. The van der Waals surface area contributed by atoms with Crippen LogP contribution in [0.25, 0.3) is 22.6 Å². The molecule has 5 nitrogen and oxygen atoms in total. The van der Waals surface area contributed by atoms with E-state index in [1.165, 1.54) is 0 Å². The van der Waals surface area contributed by atoms with E-state index in [-0.39, 0.29) is 5.56 Å². The molecule has 3 aromatic rings. The summed E-state index contributed by atoms with van der Waals surface area (Å²) in [5.74, 6) is -0.256. The summed E-state index contributed by atoms with van der Waals surface area (Å²) < 4.78 is 0. The summed E-state index contributed by atoms with van der Waals surface area (Å²) in [7, 11) is 0. The fourth-order valence-corrected chi connectivity index (χ4v) is 1.75. The molecule has 88 valence electrons. The molecule has 0 saturated heterocycles. The second-order valence-corrected chi connectivity index (χ2v) is 3.84. The minimum Gasteiger partial charge on any atom is -0.478 e. The second-order valence-electron chi connectivity index (χ2n) is 3.84. The lowest BCUT2D eigenvalue weighted by Crippen LogP contribution is -1.95. The number of fused-ring (bicyclic) bond motifs is 1. The summed E-state index contributed by atoms with van der Waals surface area (Å²) in [6, 6.07) is 10.3. The molecule has 18 heavy (non-hydrogen) atoms. The Morgan fingerprint density at radius 3 is 2.61 bits per heavy atom. The van der Waals surface area contributed by atoms with Gasteiger partial charge in [0.15, 0.2) is 5.65 Å². The highest BCUT2D eigenvalue weighted by molar-refractivity contribution is 5.88. The molecule has 0 amide bonds. The molecule has 2 heterocycles. The number of hydrogen-bond acceptors (Lipinski definition) is 3. The number of imidazole rings is 1. The molecule has 0 aliphatic carbocycles. The third kappa shape index (κ3) is 1.71. The zero-order valence-electron chi connectivity index (χ0n) is 9.29. The molecule has 0 unspecified atom stereocenters. The summed E-state index contributed by atoms with van der Waals surface area (Å²) >= 11 is 0. The van der Waals surface area contributed by atoms with Gasteiger partial charge in [0.2, 0.25) is 0 Å². The van der Waals surface area contributed by atoms with Crippen molar-refractivity contribution >= 4 is 17.1 Å². The van der Waals surface area contributed by atoms with Crippen LogP contribution in [0, 0.1) is 0 Å². The third-order valence-electron chi connectivity index (χ3n) is 2.66. The molecular formula is C13H9N3O2. The Kier molecular flexibility index (Phi) is 2.30. The molecule has 2 aromatic heterocycles. The third-order valence-corrected chi connectivity index (χ3v) is 2.66. The van der Waals surface area contributed by atoms with Gasteiger partial charge >= 0.3 is 5.97 Å². The van der Waals surface area contributed by atoms with Gasteiger partial charge in [-0.05, 0) is 24.3 Å². The number of aromatic nitrogens is 3. The van der Waals surface area contributed by atoms with Crippen LogP contribution in [0.3, 0.4) is 0 Å². The number of carbonyl (C=O) groups is 1. The summed E-state index contributed by atoms with van der Waals surface area (Å²) in [5.41, 5.74) is 2.59. The standard InChI is InChI=1S/C13H9N3O2/c17-13(18)9-5-3-8(4-6-9)11-15-10-2-1-7-14-12(10)16-11/h1-7H,(H,17,18)(H,14,15,16). The Labute approximate surface area is 102 Å². The van der Waals surface area contributed by atoms with E-state index in [0.717, 1.165) is 11.1 Å². The SMILES string of the molecule is O=C(O)c1ccc(-c2nc3ncccc3[nH]2)cc1. The highest BCUT2D eigenvalue weighted by Crippen LogP contribution is 2.19. The summed E-state index contributed by atoms with van der Waals surface area (Å²) in [6.07, 6.45) is 1.68. The molecule has 0 aliphatic heterocycles. The first-order valence-electron chi connectivity index (χ1n) is 5.38. The molecule has 0 bridgehead atoms. The zero-order valence-corrected chi connectivity index (χ0v) is 9.29. The average Bonchev–Trinajstić information content (AvgIpc) is 2.82. The van der Waals surface area contributed by atoms with Gasteiger partial charge in [-0.25, -0.2) is 14.8 Å². The normalized spacial score (nSPS) is 10.7. The molecule has 0 spiro atoms. The zero-order chi connectivity index (χ0) is 12.5. The Bertz CT molecular complexity index is 683. The highest BCUT2D eigenvalue weighted by atomic mass is 16.4. The topological polar surface area (TPSA) is 78.9 Å². The molecule has 0 aliphatic rings. The number of nitrogens with zero attached hydrogens (tertiary/aromatic N) is 2. The minimum absolute atomic E-state index is 0.257. The van der Waals surface area contributed by atoms with Crippen LogP contribution in [0.4, 0.5) is 0 Å². The highest BCUT2D eigenvalue weighted by Gasteiger charge is 2.07. The van der Waals surface area contributed by atoms with Gasteiger partial charge in [0.05, 0.1) is 11.1 Å². The fraction of sp³-hybridized carbons (Fsp3) is 0. The Balaban J connectivity index is 2.06. The fourth-order valence-electron chi connectivity index (χ4n) is 1.75. The van der Waals surface area contributed by atoms with Crippen LogP contribution in [0.2, 0.25) is 0 Å². The number of hydrogen-bond donors (Lipinski definition) is 2. The van der Waals surface area contributed by atoms with Crippen molar-refractivity contribution in [2.75, 3.05) is 0 Å². The van der Waals surface area contributed by atoms with Crippen molar-refractivity contribution < 1.29 is 9.90 Å². The van der Waals surface area contributed by atoms with Crippen molar-refractivity contribution in [3.8, 4) is 11.4 Å². The van der Waals surface area contributed by atoms with E-state index in [2.05, 4.69) is 15.0 Å². The van der Waals surface area contributed by atoms with Crippen LogP contribution in [-0.4, -0.2) is 26.0 Å². The lowest BCUT2D eigenvalue weighted by molar-refractivity contribution is 0.0697. The van der Waals surface area contributed by atoms with E-state index in [9.17, 15) is 4.79 Å². The van der Waals surface area contributed by atoms with Gasteiger partial charge in [-0.1, -0.05) is 12.1 Å². The Hall–Kier alpha value is -2.69. The van der Waals surface area contributed by atoms with Crippen LogP contribution in [0.5, 0.6) is 0 Å². The predicted octanol–water partition coefficient (Wildman–Crippen LogP) is 2.32. The molecule has 3 rings (SSSR count). The van der Waals surface area contributed by atoms with E-state index < -0.39 is 5.97 Å². The number of rotatable bonds is 2. The minimum atomic E-state index is -0.937. The molecule has 2 N–H and O–H groups in total. The van der Waals surface area contributed by atoms with Gasteiger partial charge in [0, 0.05) is 11.8 Å². The average molecular weight is 239 g/mol. The molecule has 5 heteroatoms. The maximum atomic E-state index is 10.8. The van der Waals surface area contributed by atoms with Crippen molar-refractivity contribution in [2.45, 2.75) is 0 Å². The predicted molar refractivity (Wildman–Crippen MR) is 66.3 cm³/mol. The van der Waals surface area contributed by atoms with E-state index in [0.29, 0.717) is 11.5 Å². The van der Waals surface area contributed by atoms with Crippen molar-refractivity contribution in [1.29, 1.82) is 0 Å². The van der Waals surface area contributed by atoms with Gasteiger partial charge in [0.1, 0.15) is 5.82 Å². The van der Waals surface area contributed by atoms with Crippen molar-refractivity contribution in [1.82, 2.24) is 15.0 Å². The first-order chi connectivity index (χ1) is 8.74. The molecular weight excluding hydrogens is 230 g/mol. The van der Waals surface area contributed by atoms with Crippen molar-refractivity contribution in [3.05, 3.63) is 48.2 Å². The monoisotopic (exact) mass is 239 g/mol. The van der Waals surface area contributed by atoms with Gasteiger partial charge in [0.25, 0.3) is 0 Å². The quantitative estimate of drug-likeness (QED) is 0.719. The molecule has 0 saturated carbocycles. The first-order valence-corrected chi connectivity index (χ1v) is 5.38. The molecule has 0 radical (unpaired) electrons. The Morgan fingerprint density at radius 2 is 1.94 bits per heavy atom.